The number of hydrogen-bond donors (Lipinski definition) is 3. The molecule has 0 atom stereocenters. The molecule has 0 amide bonds. The molecular formula is C20H27N5O5S. The maximum Gasteiger partial charge on any atom is 0.277 e. The van der Waals surface area contributed by atoms with Crippen LogP contribution in [0.4, 0.5) is 0 Å². The molecule has 0 bridgehead atoms. The zero-order chi connectivity index (χ0) is 22.6. The summed E-state index contributed by atoms with van der Waals surface area (Å²) in [5.74, 6) is 0.610. The fraction of sp³-hybridized carbons (Fsp3) is 0.450. The lowest BCUT2D eigenvalue weighted by Crippen LogP contribution is -2.25. The second-order valence-electron chi connectivity index (χ2n) is 7.00. The van der Waals surface area contributed by atoms with Gasteiger partial charge in [-0.05, 0) is 38.0 Å². The predicted octanol–water partition coefficient (Wildman–Crippen LogP) is 1.34. The Labute approximate surface area is 180 Å². The van der Waals surface area contributed by atoms with Crippen molar-refractivity contribution in [2.45, 2.75) is 38.0 Å². The topological polar surface area (TPSA) is 139 Å². The maximum absolute atomic E-state index is 12.8. The number of H-pyrrole nitrogens is 1. The highest BCUT2D eigenvalue weighted by atomic mass is 32.2. The molecule has 0 radical (unpaired) electrons. The van der Waals surface area contributed by atoms with E-state index < -0.39 is 10.0 Å². The van der Waals surface area contributed by atoms with Gasteiger partial charge in [0.2, 0.25) is 10.0 Å². The van der Waals surface area contributed by atoms with E-state index in [1.54, 1.807) is 13.1 Å². The van der Waals surface area contributed by atoms with Crippen molar-refractivity contribution in [2.24, 2.45) is 7.05 Å². The van der Waals surface area contributed by atoms with Gasteiger partial charge in [-0.2, -0.15) is 5.10 Å². The molecule has 10 nitrogen and oxygen atoms in total. The molecule has 0 saturated carbocycles. The average Bonchev–Trinajstić information content (AvgIpc) is 3.04. The van der Waals surface area contributed by atoms with Crippen molar-refractivity contribution in [2.75, 3.05) is 19.8 Å². The van der Waals surface area contributed by atoms with Crippen LogP contribution in [-0.4, -0.2) is 53.0 Å². The van der Waals surface area contributed by atoms with Crippen molar-refractivity contribution < 1.29 is 18.3 Å². The molecule has 0 spiro atoms. The molecule has 0 aliphatic carbocycles. The highest BCUT2D eigenvalue weighted by molar-refractivity contribution is 7.89. The molecule has 11 heteroatoms. The standard InChI is InChI=1S/C20H27N5O5S/c1-4-7-15-17-18(25(3)24-15)20(27)23-19(22-17)14-12-13(8-9-16(14)30-5-2)31(28,29)21-10-6-11-26/h8-9,12,21,26H,4-7,10-11H2,1-3H3,(H,22,23,27). The third kappa shape index (κ3) is 4.78. The van der Waals surface area contributed by atoms with E-state index in [4.69, 9.17) is 9.84 Å². The molecule has 168 valence electrons. The summed E-state index contributed by atoms with van der Waals surface area (Å²) in [6.07, 6.45) is 1.80. The number of nitrogens with zero attached hydrogens (tertiary/aromatic N) is 3. The molecule has 0 aliphatic rings. The van der Waals surface area contributed by atoms with Crippen molar-refractivity contribution in [3.63, 3.8) is 0 Å². The highest BCUT2D eigenvalue weighted by Gasteiger charge is 2.21. The van der Waals surface area contributed by atoms with Crippen molar-refractivity contribution >= 4 is 21.1 Å². The smallest absolute Gasteiger partial charge is 0.277 e. The molecule has 2 aromatic heterocycles. The number of benzene rings is 1. The number of aliphatic hydroxyl groups excluding tert-OH is 1. The minimum absolute atomic E-state index is 0.00612. The zero-order valence-electron chi connectivity index (χ0n) is 17.8. The first-order valence-corrected chi connectivity index (χ1v) is 11.6. The third-order valence-electron chi connectivity index (χ3n) is 4.69. The van der Waals surface area contributed by atoms with Crippen molar-refractivity contribution in [3.8, 4) is 17.1 Å². The summed E-state index contributed by atoms with van der Waals surface area (Å²) in [4.78, 5) is 20.1. The van der Waals surface area contributed by atoms with Crippen LogP contribution in [0.5, 0.6) is 5.75 Å². The van der Waals surface area contributed by atoms with Gasteiger partial charge in [0.25, 0.3) is 5.56 Å². The second kappa shape index (κ2) is 9.58. The van der Waals surface area contributed by atoms with E-state index in [-0.39, 0.29) is 29.4 Å². The minimum Gasteiger partial charge on any atom is -0.493 e. The first kappa shape index (κ1) is 22.9. The number of ether oxygens (including phenoxy) is 1. The molecular weight excluding hydrogens is 422 g/mol. The Morgan fingerprint density at radius 3 is 2.74 bits per heavy atom. The second-order valence-corrected chi connectivity index (χ2v) is 8.76. The average molecular weight is 450 g/mol. The molecule has 3 aromatic rings. The Balaban J connectivity index is 2.17. The van der Waals surface area contributed by atoms with Crippen LogP contribution in [0.25, 0.3) is 22.4 Å². The van der Waals surface area contributed by atoms with Gasteiger partial charge in [0.1, 0.15) is 17.1 Å². The maximum atomic E-state index is 12.8. The summed E-state index contributed by atoms with van der Waals surface area (Å²) < 4.78 is 34.9. The summed E-state index contributed by atoms with van der Waals surface area (Å²) in [5, 5.41) is 13.3. The van der Waals surface area contributed by atoms with E-state index in [1.807, 2.05) is 13.8 Å². The molecule has 0 unspecified atom stereocenters. The number of aromatic nitrogens is 4. The van der Waals surface area contributed by atoms with Gasteiger partial charge >= 0.3 is 0 Å². The summed E-state index contributed by atoms with van der Waals surface area (Å²) in [5.41, 5.74) is 1.55. The normalized spacial score (nSPS) is 11.9. The monoisotopic (exact) mass is 449 g/mol. The van der Waals surface area contributed by atoms with E-state index in [9.17, 15) is 13.2 Å². The number of aryl methyl sites for hydroxylation is 2. The molecule has 31 heavy (non-hydrogen) atoms. The van der Waals surface area contributed by atoms with E-state index in [0.29, 0.717) is 47.5 Å². The van der Waals surface area contributed by atoms with E-state index >= 15 is 0 Å². The fourth-order valence-electron chi connectivity index (χ4n) is 3.29. The number of rotatable bonds is 10. The zero-order valence-corrected chi connectivity index (χ0v) is 18.6. The molecule has 2 heterocycles. The summed E-state index contributed by atoms with van der Waals surface area (Å²) >= 11 is 0. The fourth-order valence-corrected chi connectivity index (χ4v) is 4.39. The van der Waals surface area contributed by atoms with E-state index in [0.717, 1.165) is 6.42 Å². The number of hydrogen-bond acceptors (Lipinski definition) is 7. The van der Waals surface area contributed by atoms with Crippen LogP contribution in [0.3, 0.4) is 0 Å². The summed E-state index contributed by atoms with van der Waals surface area (Å²) in [6.45, 7) is 4.17. The van der Waals surface area contributed by atoms with Crippen molar-refractivity contribution in [1.29, 1.82) is 0 Å². The van der Waals surface area contributed by atoms with Crippen molar-refractivity contribution in [3.05, 3.63) is 34.2 Å². The summed E-state index contributed by atoms with van der Waals surface area (Å²) in [7, 11) is -2.12. The number of sulfonamides is 1. The molecule has 0 saturated heterocycles. The number of aliphatic hydroxyl groups is 1. The summed E-state index contributed by atoms with van der Waals surface area (Å²) in [6, 6.07) is 4.39. The quantitative estimate of drug-likeness (QED) is 0.397. The van der Waals surface area contributed by atoms with Gasteiger partial charge in [0.05, 0.1) is 22.8 Å². The SMILES string of the molecule is CCCc1nn(C)c2c(=O)[nH]c(-c3cc(S(=O)(=O)NCCCO)ccc3OCC)nc12. The third-order valence-corrected chi connectivity index (χ3v) is 6.15. The van der Waals surface area contributed by atoms with Crippen LogP contribution < -0.4 is 15.0 Å². The molecule has 3 rings (SSSR count). The minimum atomic E-state index is -3.81. The van der Waals surface area contributed by atoms with Gasteiger partial charge in [0, 0.05) is 20.2 Å². The van der Waals surface area contributed by atoms with Gasteiger partial charge in [-0.25, -0.2) is 18.1 Å². The Morgan fingerprint density at radius 1 is 1.29 bits per heavy atom. The Bertz CT molecular complexity index is 1230. The molecule has 0 aliphatic heterocycles. The first-order chi connectivity index (χ1) is 14.8. The van der Waals surface area contributed by atoms with Gasteiger partial charge < -0.3 is 14.8 Å². The largest absolute Gasteiger partial charge is 0.493 e. The Morgan fingerprint density at radius 2 is 2.06 bits per heavy atom. The van der Waals surface area contributed by atoms with Crippen LogP contribution in [0, 0.1) is 0 Å². The van der Waals surface area contributed by atoms with Gasteiger partial charge in [-0.3, -0.25) is 9.48 Å². The van der Waals surface area contributed by atoms with Crippen molar-refractivity contribution in [1.82, 2.24) is 24.5 Å². The molecule has 1 aromatic carbocycles. The van der Waals surface area contributed by atoms with Gasteiger partial charge in [-0.15, -0.1) is 0 Å². The van der Waals surface area contributed by atoms with E-state index in [2.05, 4.69) is 19.8 Å². The van der Waals surface area contributed by atoms with Gasteiger partial charge in [0.15, 0.2) is 5.52 Å². The Kier molecular flexibility index (Phi) is 7.08. The van der Waals surface area contributed by atoms with Crippen LogP contribution in [0.2, 0.25) is 0 Å². The van der Waals surface area contributed by atoms with Crippen LogP contribution in [0.15, 0.2) is 27.9 Å². The van der Waals surface area contributed by atoms with Gasteiger partial charge in [-0.1, -0.05) is 13.3 Å². The van der Waals surface area contributed by atoms with Crippen LogP contribution >= 0.6 is 0 Å². The molecule has 0 fully saturated rings. The first-order valence-electron chi connectivity index (χ1n) is 10.2. The lowest BCUT2D eigenvalue weighted by atomic mass is 10.1. The Hall–Kier alpha value is -2.76. The van der Waals surface area contributed by atoms with Crippen LogP contribution in [0.1, 0.15) is 32.4 Å². The molecule has 3 N–H and O–H groups in total. The number of nitrogens with one attached hydrogen (secondary N) is 2. The van der Waals surface area contributed by atoms with Crippen LogP contribution in [-0.2, 0) is 23.5 Å². The lowest BCUT2D eigenvalue weighted by molar-refractivity contribution is 0.289. The highest BCUT2D eigenvalue weighted by Crippen LogP contribution is 2.31. The predicted molar refractivity (Wildman–Crippen MR) is 117 cm³/mol. The number of aromatic amines is 1. The lowest BCUT2D eigenvalue weighted by Gasteiger charge is -2.13. The van der Waals surface area contributed by atoms with E-state index in [1.165, 1.54) is 16.8 Å². The number of fused-ring (bicyclic) bond motifs is 1.